The van der Waals surface area contributed by atoms with Crippen LogP contribution in [0.2, 0.25) is 5.02 Å². The van der Waals surface area contributed by atoms with Gasteiger partial charge < -0.3 is 9.32 Å². The molecule has 0 atom stereocenters. The van der Waals surface area contributed by atoms with Gasteiger partial charge in [-0.15, -0.1) is 0 Å². The van der Waals surface area contributed by atoms with Gasteiger partial charge in [0.05, 0.1) is 24.0 Å². The zero-order valence-electron chi connectivity index (χ0n) is 15.0. The molecule has 0 bridgehead atoms. The van der Waals surface area contributed by atoms with Crippen molar-refractivity contribution in [1.82, 2.24) is 14.9 Å². The number of benzene rings is 1. The summed E-state index contributed by atoms with van der Waals surface area (Å²) in [5, 5.41) is 0.806. The van der Waals surface area contributed by atoms with Crippen molar-refractivity contribution in [3.63, 3.8) is 0 Å². The fourth-order valence-corrected chi connectivity index (χ4v) is 3.35. The lowest BCUT2D eigenvalue weighted by molar-refractivity contribution is 0.0710. The van der Waals surface area contributed by atoms with Crippen molar-refractivity contribution < 1.29 is 9.21 Å². The molecule has 0 aliphatic heterocycles. The maximum atomic E-state index is 13.2. The van der Waals surface area contributed by atoms with Gasteiger partial charge in [0.1, 0.15) is 5.76 Å². The Morgan fingerprint density at radius 1 is 1.19 bits per heavy atom. The van der Waals surface area contributed by atoms with Gasteiger partial charge >= 0.3 is 0 Å². The number of aromatic nitrogens is 2. The van der Waals surface area contributed by atoms with Crippen molar-refractivity contribution >= 4 is 29.3 Å². The van der Waals surface area contributed by atoms with E-state index in [4.69, 9.17) is 16.0 Å². The number of amides is 1. The van der Waals surface area contributed by atoms with E-state index in [2.05, 4.69) is 16.9 Å². The lowest BCUT2D eigenvalue weighted by Gasteiger charge is -2.22. The lowest BCUT2D eigenvalue weighted by atomic mass is 10.2. The van der Waals surface area contributed by atoms with Crippen LogP contribution < -0.4 is 0 Å². The first kappa shape index (κ1) is 19.5. The molecule has 3 aromatic rings. The van der Waals surface area contributed by atoms with Crippen molar-refractivity contribution in [2.24, 2.45) is 0 Å². The first-order valence-corrected chi connectivity index (χ1v) is 10.0. The van der Waals surface area contributed by atoms with E-state index < -0.39 is 0 Å². The molecule has 140 valence electrons. The van der Waals surface area contributed by atoms with Crippen LogP contribution >= 0.6 is 23.4 Å². The topological polar surface area (TPSA) is 59.2 Å². The van der Waals surface area contributed by atoms with Crippen LogP contribution in [0, 0.1) is 0 Å². The summed E-state index contributed by atoms with van der Waals surface area (Å²) in [7, 11) is 0. The number of thioether (sulfide) groups is 1. The maximum Gasteiger partial charge on any atom is 0.274 e. The average molecular weight is 402 g/mol. The zero-order valence-corrected chi connectivity index (χ0v) is 16.5. The fourth-order valence-electron chi connectivity index (χ4n) is 2.51. The second-order valence-electron chi connectivity index (χ2n) is 5.92. The van der Waals surface area contributed by atoms with Crippen molar-refractivity contribution in [2.45, 2.75) is 31.6 Å². The Balaban J connectivity index is 1.87. The van der Waals surface area contributed by atoms with Crippen LogP contribution in [0.15, 0.2) is 64.5 Å². The van der Waals surface area contributed by atoms with Gasteiger partial charge in [-0.3, -0.25) is 4.79 Å². The minimum absolute atomic E-state index is 0.216. The highest BCUT2D eigenvalue weighted by atomic mass is 35.5. The van der Waals surface area contributed by atoms with Crippen LogP contribution in [0.1, 0.15) is 35.2 Å². The number of nitrogens with zero attached hydrogens (tertiary/aromatic N) is 3. The molecule has 2 heterocycles. The van der Waals surface area contributed by atoms with Crippen molar-refractivity contribution in [3.05, 3.63) is 77.0 Å². The predicted octanol–water partition coefficient (Wildman–Crippen LogP) is 5.07. The Morgan fingerprint density at radius 2 is 2.00 bits per heavy atom. The minimum Gasteiger partial charge on any atom is -0.467 e. The Kier molecular flexibility index (Phi) is 6.90. The van der Waals surface area contributed by atoms with E-state index in [0.29, 0.717) is 24.0 Å². The maximum absolute atomic E-state index is 13.2. The van der Waals surface area contributed by atoms with E-state index in [9.17, 15) is 4.79 Å². The fraction of sp³-hybridized carbons (Fsp3) is 0.250. The Labute approximate surface area is 167 Å². The van der Waals surface area contributed by atoms with E-state index in [1.54, 1.807) is 17.2 Å². The summed E-state index contributed by atoms with van der Waals surface area (Å²) in [5.74, 6) is 1.33. The van der Waals surface area contributed by atoms with Crippen molar-refractivity contribution in [2.75, 3.05) is 5.75 Å². The second kappa shape index (κ2) is 9.58. The average Bonchev–Trinajstić information content (AvgIpc) is 3.20. The third-order valence-corrected chi connectivity index (χ3v) is 5.13. The molecule has 1 amide bonds. The van der Waals surface area contributed by atoms with Crippen LogP contribution in [0.5, 0.6) is 0 Å². The van der Waals surface area contributed by atoms with Crippen molar-refractivity contribution in [3.8, 4) is 0 Å². The van der Waals surface area contributed by atoms with Crippen LogP contribution in [0.25, 0.3) is 0 Å². The largest absolute Gasteiger partial charge is 0.467 e. The van der Waals surface area contributed by atoms with Gasteiger partial charge in [-0.05, 0) is 24.1 Å². The molecule has 1 aromatic carbocycles. The Bertz CT molecular complexity index is 872. The molecule has 0 saturated heterocycles. The molecule has 0 aliphatic rings. The quantitative estimate of drug-likeness (QED) is 0.389. The molecule has 5 nitrogen and oxygen atoms in total. The molecule has 0 saturated carbocycles. The summed E-state index contributed by atoms with van der Waals surface area (Å²) < 4.78 is 5.43. The molecule has 27 heavy (non-hydrogen) atoms. The number of hydrogen-bond donors (Lipinski definition) is 0. The molecule has 0 spiro atoms. The molecule has 2 aromatic heterocycles. The van der Waals surface area contributed by atoms with Gasteiger partial charge in [0.25, 0.3) is 5.91 Å². The van der Waals surface area contributed by atoms with Crippen LogP contribution in [-0.2, 0) is 13.1 Å². The molecular formula is C20H20ClN3O2S. The van der Waals surface area contributed by atoms with Crippen LogP contribution in [0.4, 0.5) is 0 Å². The predicted molar refractivity (Wildman–Crippen MR) is 107 cm³/mol. The molecule has 0 unspecified atom stereocenters. The van der Waals surface area contributed by atoms with Gasteiger partial charge in [-0.1, -0.05) is 60.6 Å². The number of hydrogen-bond acceptors (Lipinski definition) is 5. The van der Waals surface area contributed by atoms with Crippen LogP contribution in [0.3, 0.4) is 0 Å². The number of carbonyl (C=O) groups excluding carboxylic acids is 1. The summed E-state index contributed by atoms with van der Waals surface area (Å²) in [6.45, 7) is 2.84. The first-order chi connectivity index (χ1) is 13.2. The lowest BCUT2D eigenvalue weighted by Crippen LogP contribution is -2.31. The highest BCUT2D eigenvalue weighted by Crippen LogP contribution is 2.22. The first-order valence-electron chi connectivity index (χ1n) is 8.68. The van der Waals surface area contributed by atoms with E-state index in [1.807, 2.05) is 36.4 Å². The molecule has 0 aliphatic carbocycles. The number of furan rings is 1. The summed E-state index contributed by atoms with van der Waals surface area (Å²) in [6.07, 6.45) is 4.09. The molecule has 0 radical (unpaired) electrons. The van der Waals surface area contributed by atoms with Crippen molar-refractivity contribution in [1.29, 1.82) is 0 Å². The van der Waals surface area contributed by atoms with E-state index in [0.717, 1.165) is 17.7 Å². The number of halogens is 1. The van der Waals surface area contributed by atoms with Crippen LogP contribution in [-0.4, -0.2) is 26.5 Å². The Morgan fingerprint density at radius 3 is 2.70 bits per heavy atom. The smallest absolute Gasteiger partial charge is 0.274 e. The Hall–Kier alpha value is -2.31. The highest BCUT2D eigenvalue weighted by Gasteiger charge is 2.22. The van der Waals surface area contributed by atoms with Gasteiger partial charge in [-0.2, -0.15) is 0 Å². The van der Waals surface area contributed by atoms with Gasteiger partial charge in [0.2, 0.25) is 0 Å². The summed E-state index contributed by atoms with van der Waals surface area (Å²) in [6, 6.07) is 13.4. The third kappa shape index (κ3) is 5.34. The van der Waals surface area contributed by atoms with E-state index in [-0.39, 0.29) is 16.6 Å². The van der Waals surface area contributed by atoms with E-state index >= 15 is 0 Å². The van der Waals surface area contributed by atoms with Gasteiger partial charge in [0.15, 0.2) is 10.9 Å². The monoisotopic (exact) mass is 401 g/mol. The molecule has 7 heteroatoms. The summed E-state index contributed by atoms with van der Waals surface area (Å²) in [4.78, 5) is 23.5. The standard InChI is InChI=1S/C20H20ClN3O2S/c1-2-11-27-20-22-12-17(21)18(23-20)19(25)24(14-16-9-6-10-26-16)13-15-7-4-3-5-8-15/h3-10,12H,2,11,13-14H2,1H3. The second-order valence-corrected chi connectivity index (χ2v) is 7.39. The molecule has 0 N–H and O–H groups in total. The normalized spacial score (nSPS) is 10.7. The minimum atomic E-state index is -0.249. The molecule has 0 fully saturated rings. The SMILES string of the molecule is CCCSc1ncc(Cl)c(C(=O)N(Cc2ccccc2)Cc2ccco2)n1. The molecular weight excluding hydrogens is 382 g/mol. The van der Waals surface area contributed by atoms with Gasteiger partial charge in [0, 0.05) is 12.3 Å². The number of carbonyl (C=O) groups is 1. The number of rotatable bonds is 8. The molecule has 3 rings (SSSR count). The van der Waals surface area contributed by atoms with Gasteiger partial charge in [-0.25, -0.2) is 9.97 Å². The highest BCUT2D eigenvalue weighted by molar-refractivity contribution is 7.99. The van der Waals surface area contributed by atoms with E-state index in [1.165, 1.54) is 18.0 Å². The summed E-state index contributed by atoms with van der Waals surface area (Å²) >= 11 is 7.76. The third-order valence-electron chi connectivity index (χ3n) is 3.79. The zero-order chi connectivity index (χ0) is 19.1. The summed E-state index contributed by atoms with van der Waals surface area (Å²) in [5.41, 5.74) is 1.23.